The van der Waals surface area contributed by atoms with Gasteiger partial charge in [0.2, 0.25) is 5.82 Å². The Hall–Kier alpha value is -2.55. The summed E-state index contributed by atoms with van der Waals surface area (Å²) in [6, 6.07) is 9.57. The van der Waals surface area contributed by atoms with Crippen LogP contribution in [-0.2, 0) is 17.9 Å². The van der Waals surface area contributed by atoms with E-state index >= 15 is 0 Å². The molecule has 0 spiro atoms. The Bertz CT molecular complexity index is 1040. The standard InChI is InChI=1S/C17H12ClN5O2S/c18-12-3-1-10(2-4-12)14-7-23-13(8-24-14)15(20-22-23)17-19-16(21-25-17)11-5-6-26-9-11/h1-6,9,14H,7-8H2/t14-/m1/s1. The zero-order valence-electron chi connectivity index (χ0n) is 13.4. The van der Waals surface area contributed by atoms with Crippen molar-refractivity contribution in [2.24, 2.45) is 0 Å². The number of hydrogen-bond acceptors (Lipinski definition) is 7. The first-order valence-corrected chi connectivity index (χ1v) is 9.26. The summed E-state index contributed by atoms with van der Waals surface area (Å²) in [5.74, 6) is 0.889. The minimum absolute atomic E-state index is 0.0987. The van der Waals surface area contributed by atoms with Gasteiger partial charge in [-0.25, -0.2) is 4.68 Å². The molecule has 0 radical (unpaired) electrons. The molecular weight excluding hydrogens is 374 g/mol. The van der Waals surface area contributed by atoms with Crippen molar-refractivity contribution in [3.63, 3.8) is 0 Å². The van der Waals surface area contributed by atoms with Crippen LogP contribution in [0.15, 0.2) is 45.6 Å². The third kappa shape index (κ3) is 2.72. The Kier molecular flexibility index (Phi) is 3.81. The fourth-order valence-electron chi connectivity index (χ4n) is 2.89. The molecule has 0 unspecified atom stereocenters. The van der Waals surface area contributed by atoms with E-state index in [1.54, 1.807) is 11.3 Å². The van der Waals surface area contributed by atoms with Crippen LogP contribution in [0, 0.1) is 0 Å². The van der Waals surface area contributed by atoms with Crippen molar-refractivity contribution in [2.75, 3.05) is 0 Å². The van der Waals surface area contributed by atoms with Crippen LogP contribution in [0.25, 0.3) is 23.0 Å². The van der Waals surface area contributed by atoms with Gasteiger partial charge in [0.25, 0.3) is 5.89 Å². The Morgan fingerprint density at radius 1 is 1.19 bits per heavy atom. The second kappa shape index (κ2) is 6.31. The Morgan fingerprint density at radius 2 is 2.08 bits per heavy atom. The third-order valence-corrected chi connectivity index (χ3v) is 5.18. The van der Waals surface area contributed by atoms with Crippen molar-refractivity contribution in [3.05, 3.63) is 57.4 Å². The average Bonchev–Trinajstić information content (AvgIpc) is 3.41. The first-order valence-electron chi connectivity index (χ1n) is 7.94. The quantitative estimate of drug-likeness (QED) is 0.530. The largest absolute Gasteiger partial charge is 0.365 e. The van der Waals surface area contributed by atoms with Crippen molar-refractivity contribution in [1.82, 2.24) is 25.1 Å². The van der Waals surface area contributed by atoms with E-state index in [9.17, 15) is 0 Å². The lowest BCUT2D eigenvalue weighted by Crippen LogP contribution is -2.22. The smallest absolute Gasteiger partial charge is 0.280 e. The second-order valence-corrected chi connectivity index (χ2v) is 7.07. The molecule has 0 N–H and O–H groups in total. The zero-order chi connectivity index (χ0) is 17.5. The lowest BCUT2D eigenvalue weighted by atomic mass is 10.1. The van der Waals surface area contributed by atoms with Crippen LogP contribution >= 0.6 is 22.9 Å². The molecule has 0 bridgehead atoms. The average molecular weight is 386 g/mol. The van der Waals surface area contributed by atoms with E-state index in [2.05, 4.69) is 20.5 Å². The lowest BCUT2D eigenvalue weighted by molar-refractivity contribution is -0.00117. The van der Waals surface area contributed by atoms with Crippen LogP contribution in [0.4, 0.5) is 0 Å². The maximum Gasteiger partial charge on any atom is 0.280 e. The van der Waals surface area contributed by atoms with Crippen molar-refractivity contribution in [3.8, 4) is 23.0 Å². The molecule has 1 aromatic carbocycles. The van der Waals surface area contributed by atoms with Gasteiger partial charge < -0.3 is 9.26 Å². The van der Waals surface area contributed by atoms with Crippen LogP contribution in [0.1, 0.15) is 17.4 Å². The molecule has 1 aliphatic heterocycles. The molecule has 3 aromatic heterocycles. The van der Waals surface area contributed by atoms with E-state index in [-0.39, 0.29) is 6.10 Å². The normalized spacial score (nSPS) is 16.6. The molecule has 4 aromatic rings. The van der Waals surface area contributed by atoms with E-state index in [0.29, 0.717) is 35.6 Å². The molecule has 1 aliphatic rings. The van der Waals surface area contributed by atoms with Gasteiger partial charge in [-0.05, 0) is 29.1 Å². The lowest BCUT2D eigenvalue weighted by Gasteiger charge is -2.24. The summed E-state index contributed by atoms with van der Waals surface area (Å²) in [4.78, 5) is 4.43. The van der Waals surface area contributed by atoms with E-state index in [1.807, 2.05) is 45.8 Å². The van der Waals surface area contributed by atoms with Crippen LogP contribution in [0.3, 0.4) is 0 Å². The van der Waals surface area contributed by atoms with Gasteiger partial charge in [-0.3, -0.25) is 0 Å². The molecule has 4 heterocycles. The van der Waals surface area contributed by atoms with Crippen LogP contribution < -0.4 is 0 Å². The Morgan fingerprint density at radius 3 is 2.88 bits per heavy atom. The van der Waals surface area contributed by atoms with Gasteiger partial charge in [0.1, 0.15) is 6.10 Å². The van der Waals surface area contributed by atoms with E-state index in [0.717, 1.165) is 16.8 Å². The summed E-state index contributed by atoms with van der Waals surface area (Å²) in [5, 5.41) is 17.1. The zero-order valence-corrected chi connectivity index (χ0v) is 14.9. The number of halogens is 1. The fraction of sp³-hybridized carbons (Fsp3) is 0.176. The minimum Gasteiger partial charge on any atom is -0.365 e. The van der Waals surface area contributed by atoms with Crippen molar-refractivity contribution in [1.29, 1.82) is 0 Å². The number of aromatic nitrogens is 5. The molecule has 0 fully saturated rings. The van der Waals surface area contributed by atoms with Crippen LogP contribution in [0.2, 0.25) is 5.02 Å². The molecule has 0 saturated heterocycles. The van der Waals surface area contributed by atoms with Crippen molar-refractivity contribution in [2.45, 2.75) is 19.3 Å². The Labute approximate surface area is 157 Å². The highest BCUT2D eigenvalue weighted by molar-refractivity contribution is 7.08. The molecule has 0 aliphatic carbocycles. The first-order chi connectivity index (χ1) is 12.8. The van der Waals surface area contributed by atoms with Gasteiger partial charge in [0.05, 0.1) is 18.8 Å². The molecule has 130 valence electrons. The number of nitrogens with zero attached hydrogens (tertiary/aromatic N) is 5. The summed E-state index contributed by atoms with van der Waals surface area (Å²) < 4.78 is 13.2. The monoisotopic (exact) mass is 385 g/mol. The molecule has 5 rings (SSSR count). The summed E-state index contributed by atoms with van der Waals surface area (Å²) in [7, 11) is 0. The summed E-state index contributed by atoms with van der Waals surface area (Å²) in [6.07, 6.45) is -0.0987. The predicted molar refractivity (Wildman–Crippen MR) is 95.6 cm³/mol. The summed E-state index contributed by atoms with van der Waals surface area (Å²) in [5.41, 5.74) is 3.36. The number of fused-ring (bicyclic) bond motifs is 1. The number of thiophene rings is 1. The highest BCUT2D eigenvalue weighted by Gasteiger charge is 2.28. The minimum atomic E-state index is -0.0987. The topological polar surface area (TPSA) is 78.9 Å². The third-order valence-electron chi connectivity index (χ3n) is 4.25. The maximum atomic E-state index is 6.00. The highest BCUT2D eigenvalue weighted by Crippen LogP contribution is 2.31. The van der Waals surface area contributed by atoms with Gasteiger partial charge >= 0.3 is 0 Å². The molecule has 1 atom stereocenters. The van der Waals surface area contributed by atoms with Crippen molar-refractivity contribution >= 4 is 22.9 Å². The predicted octanol–water partition coefficient (Wildman–Crippen LogP) is 3.98. The van der Waals surface area contributed by atoms with E-state index in [4.69, 9.17) is 20.9 Å². The molecule has 9 heteroatoms. The number of hydrogen-bond donors (Lipinski definition) is 0. The van der Waals surface area contributed by atoms with E-state index < -0.39 is 0 Å². The van der Waals surface area contributed by atoms with Gasteiger partial charge in [-0.2, -0.15) is 16.3 Å². The molecule has 7 nitrogen and oxygen atoms in total. The van der Waals surface area contributed by atoms with Gasteiger partial charge in [0, 0.05) is 16.0 Å². The second-order valence-electron chi connectivity index (χ2n) is 5.85. The molecule has 26 heavy (non-hydrogen) atoms. The number of ether oxygens (including phenoxy) is 1. The van der Waals surface area contributed by atoms with Gasteiger partial charge in [-0.1, -0.05) is 34.1 Å². The Balaban J connectivity index is 1.42. The van der Waals surface area contributed by atoms with Crippen molar-refractivity contribution < 1.29 is 9.26 Å². The van der Waals surface area contributed by atoms with E-state index in [1.165, 1.54) is 0 Å². The number of rotatable bonds is 3. The maximum absolute atomic E-state index is 6.00. The SMILES string of the molecule is Clc1ccc([C@H]2Cn3nnc(-c4nc(-c5ccsc5)no4)c3CO2)cc1. The molecule has 0 saturated carbocycles. The first kappa shape index (κ1) is 15.7. The summed E-state index contributed by atoms with van der Waals surface area (Å²) in [6.45, 7) is 0.932. The van der Waals surface area contributed by atoms with Gasteiger partial charge in [0.15, 0.2) is 5.69 Å². The number of benzene rings is 1. The van der Waals surface area contributed by atoms with Crippen LogP contribution in [-0.4, -0.2) is 25.1 Å². The van der Waals surface area contributed by atoms with Crippen LogP contribution in [0.5, 0.6) is 0 Å². The fourth-order valence-corrected chi connectivity index (χ4v) is 3.65. The van der Waals surface area contributed by atoms with Gasteiger partial charge in [-0.15, -0.1) is 5.10 Å². The summed E-state index contributed by atoms with van der Waals surface area (Å²) >= 11 is 7.53. The highest BCUT2D eigenvalue weighted by atomic mass is 35.5. The molecular formula is C17H12ClN5O2S. The molecule has 0 amide bonds.